The molecule has 2 atom stereocenters. The third kappa shape index (κ3) is 3.96. The van der Waals surface area contributed by atoms with E-state index >= 15 is 0 Å². The van der Waals surface area contributed by atoms with Crippen LogP contribution in [0.1, 0.15) is 26.7 Å². The molecule has 2 rings (SSSR count). The second-order valence-corrected chi connectivity index (χ2v) is 8.45. The van der Waals surface area contributed by atoms with Gasteiger partial charge in [-0.3, -0.25) is 14.5 Å². The van der Waals surface area contributed by atoms with Crippen LogP contribution in [0.15, 0.2) is 0 Å². The maximum absolute atomic E-state index is 12.1. The van der Waals surface area contributed by atoms with Crippen LogP contribution in [-0.2, 0) is 19.4 Å². The zero-order valence-corrected chi connectivity index (χ0v) is 13.5. The normalized spacial score (nSPS) is 27.3. The summed E-state index contributed by atoms with van der Waals surface area (Å²) in [6.07, 6.45) is 0.883. The minimum absolute atomic E-state index is 0.0531. The Morgan fingerprint density at radius 3 is 2.64 bits per heavy atom. The molecular formula is C13H21N3O5S. The van der Waals surface area contributed by atoms with Crippen LogP contribution < -0.4 is 10.6 Å². The fraction of sp³-hybridized carbons (Fsp3) is 0.769. The lowest BCUT2D eigenvalue weighted by molar-refractivity contribution is -0.132. The van der Waals surface area contributed by atoms with Crippen LogP contribution in [0.2, 0.25) is 0 Å². The van der Waals surface area contributed by atoms with Crippen molar-refractivity contribution in [3.05, 3.63) is 0 Å². The average molecular weight is 331 g/mol. The van der Waals surface area contributed by atoms with Crippen molar-refractivity contribution in [2.24, 2.45) is 5.92 Å². The van der Waals surface area contributed by atoms with Gasteiger partial charge in [0.15, 0.2) is 9.84 Å². The number of hydrogen-bond donors (Lipinski definition) is 2. The number of nitrogens with zero attached hydrogens (tertiary/aromatic N) is 1. The Labute approximate surface area is 129 Å². The molecule has 0 aromatic rings. The summed E-state index contributed by atoms with van der Waals surface area (Å²) in [6, 6.07) is -1.61. The minimum atomic E-state index is -3.09. The summed E-state index contributed by atoms with van der Waals surface area (Å²) in [7, 11) is -3.09. The van der Waals surface area contributed by atoms with Crippen LogP contribution in [0.25, 0.3) is 0 Å². The van der Waals surface area contributed by atoms with Crippen molar-refractivity contribution in [3.63, 3.8) is 0 Å². The van der Waals surface area contributed by atoms with Crippen LogP contribution in [0.4, 0.5) is 4.79 Å². The molecule has 4 amide bonds. The van der Waals surface area contributed by atoms with Crippen LogP contribution in [-0.4, -0.2) is 61.3 Å². The Hall–Kier alpha value is -1.64. The zero-order valence-electron chi connectivity index (χ0n) is 12.7. The van der Waals surface area contributed by atoms with Crippen molar-refractivity contribution in [3.8, 4) is 0 Å². The summed E-state index contributed by atoms with van der Waals surface area (Å²) < 4.78 is 22.7. The van der Waals surface area contributed by atoms with Gasteiger partial charge in [0.25, 0.3) is 5.91 Å². The summed E-state index contributed by atoms with van der Waals surface area (Å²) in [4.78, 5) is 36.7. The minimum Gasteiger partial charge on any atom is -0.351 e. The molecule has 0 saturated carbocycles. The quantitative estimate of drug-likeness (QED) is 0.644. The van der Waals surface area contributed by atoms with Crippen molar-refractivity contribution < 1.29 is 22.8 Å². The van der Waals surface area contributed by atoms with Gasteiger partial charge in [-0.2, -0.15) is 0 Å². The zero-order chi connectivity index (χ0) is 16.5. The molecule has 8 nitrogen and oxygen atoms in total. The molecule has 2 heterocycles. The van der Waals surface area contributed by atoms with Gasteiger partial charge in [-0.15, -0.1) is 0 Å². The molecule has 2 saturated heterocycles. The number of amides is 4. The van der Waals surface area contributed by atoms with Gasteiger partial charge in [0, 0.05) is 6.04 Å². The van der Waals surface area contributed by atoms with E-state index in [0.29, 0.717) is 12.8 Å². The molecule has 2 aliphatic heterocycles. The fourth-order valence-corrected chi connectivity index (χ4v) is 4.36. The van der Waals surface area contributed by atoms with E-state index in [1.807, 2.05) is 13.8 Å². The Kier molecular flexibility index (Phi) is 4.74. The van der Waals surface area contributed by atoms with Crippen molar-refractivity contribution >= 4 is 27.7 Å². The summed E-state index contributed by atoms with van der Waals surface area (Å²) in [6.45, 7) is 3.50. The first kappa shape index (κ1) is 16.7. The van der Waals surface area contributed by atoms with Crippen LogP contribution in [0.5, 0.6) is 0 Å². The van der Waals surface area contributed by atoms with Gasteiger partial charge in [0.1, 0.15) is 12.6 Å². The second-order valence-electron chi connectivity index (χ2n) is 6.22. The standard InChI is InChI=1S/C13H21N3O5S/c1-8(2)5-10-12(18)16(13(19)15-10)6-11(17)14-9-3-4-22(20,21)7-9/h8-10H,3-7H2,1-2H3,(H,14,17)(H,15,19)/t9-,10-/m1/s1. The molecule has 0 aromatic carbocycles. The Bertz CT molecular complexity index is 586. The maximum atomic E-state index is 12.1. The molecule has 2 aliphatic rings. The molecule has 0 unspecified atom stereocenters. The highest BCUT2D eigenvalue weighted by Gasteiger charge is 2.39. The Morgan fingerprint density at radius 2 is 2.09 bits per heavy atom. The van der Waals surface area contributed by atoms with Gasteiger partial charge in [-0.25, -0.2) is 13.2 Å². The molecular weight excluding hydrogens is 310 g/mol. The predicted molar refractivity (Wildman–Crippen MR) is 78.7 cm³/mol. The molecule has 0 bridgehead atoms. The van der Waals surface area contributed by atoms with Gasteiger partial charge in [0.05, 0.1) is 11.5 Å². The smallest absolute Gasteiger partial charge is 0.325 e. The maximum Gasteiger partial charge on any atom is 0.325 e. The summed E-state index contributed by atoms with van der Waals surface area (Å²) in [5, 5.41) is 5.12. The Morgan fingerprint density at radius 1 is 1.41 bits per heavy atom. The van der Waals surface area contributed by atoms with E-state index in [-0.39, 0.29) is 24.0 Å². The summed E-state index contributed by atoms with van der Waals surface area (Å²) in [5.41, 5.74) is 0. The van der Waals surface area contributed by atoms with Gasteiger partial charge in [-0.05, 0) is 18.8 Å². The van der Waals surface area contributed by atoms with Crippen LogP contribution in [0, 0.1) is 5.92 Å². The molecule has 0 aromatic heterocycles. The van der Waals surface area contributed by atoms with E-state index < -0.39 is 39.8 Å². The Balaban J connectivity index is 1.89. The molecule has 2 fully saturated rings. The number of sulfone groups is 1. The first-order valence-electron chi connectivity index (χ1n) is 7.29. The number of carbonyl (C=O) groups excluding carboxylic acids is 3. The number of rotatable bonds is 5. The first-order valence-corrected chi connectivity index (χ1v) is 9.12. The van der Waals surface area contributed by atoms with Crippen molar-refractivity contribution in [1.82, 2.24) is 15.5 Å². The lowest BCUT2D eigenvalue weighted by Gasteiger charge is -2.16. The number of imide groups is 1. The molecule has 9 heteroatoms. The van der Waals surface area contributed by atoms with Gasteiger partial charge in [0.2, 0.25) is 5.91 Å². The van der Waals surface area contributed by atoms with Crippen molar-refractivity contribution in [1.29, 1.82) is 0 Å². The summed E-state index contributed by atoms with van der Waals surface area (Å²) in [5.74, 6) is -0.720. The van der Waals surface area contributed by atoms with E-state index in [0.717, 1.165) is 4.90 Å². The van der Waals surface area contributed by atoms with Crippen LogP contribution >= 0.6 is 0 Å². The predicted octanol–water partition coefficient (Wildman–Crippen LogP) is -0.744. The monoisotopic (exact) mass is 331 g/mol. The third-order valence-electron chi connectivity index (χ3n) is 3.71. The fourth-order valence-electron chi connectivity index (χ4n) is 2.68. The van der Waals surface area contributed by atoms with E-state index in [4.69, 9.17) is 0 Å². The number of nitrogens with one attached hydrogen (secondary N) is 2. The van der Waals surface area contributed by atoms with Gasteiger partial charge >= 0.3 is 6.03 Å². The summed E-state index contributed by atoms with van der Waals surface area (Å²) >= 11 is 0. The second kappa shape index (κ2) is 6.23. The van der Waals surface area contributed by atoms with E-state index in [2.05, 4.69) is 10.6 Å². The van der Waals surface area contributed by atoms with Crippen LogP contribution in [0.3, 0.4) is 0 Å². The average Bonchev–Trinajstić information content (AvgIpc) is 2.83. The highest BCUT2D eigenvalue weighted by atomic mass is 32.2. The van der Waals surface area contributed by atoms with E-state index in [1.54, 1.807) is 0 Å². The molecule has 0 spiro atoms. The van der Waals surface area contributed by atoms with E-state index in [9.17, 15) is 22.8 Å². The molecule has 0 radical (unpaired) electrons. The first-order chi connectivity index (χ1) is 10.2. The highest BCUT2D eigenvalue weighted by molar-refractivity contribution is 7.91. The largest absolute Gasteiger partial charge is 0.351 e. The lowest BCUT2D eigenvalue weighted by Crippen LogP contribution is -2.45. The molecule has 124 valence electrons. The van der Waals surface area contributed by atoms with Crippen molar-refractivity contribution in [2.75, 3.05) is 18.1 Å². The number of hydrogen-bond acceptors (Lipinski definition) is 5. The molecule has 22 heavy (non-hydrogen) atoms. The van der Waals surface area contributed by atoms with Gasteiger partial charge in [-0.1, -0.05) is 13.8 Å². The number of carbonyl (C=O) groups is 3. The lowest BCUT2D eigenvalue weighted by atomic mass is 10.0. The van der Waals surface area contributed by atoms with E-state index in [1.165, 1.54) is 0 Å². The molecule has 2 N–H and O–H groups in total. The van der Waals surface area contributed by atoms with Gasteiger partial charge < -0.3 is 10.6 Å². The number of urea groups is 1. The van der Waals surface area contributed by atoms with Crippen molar-refractivity contribution in [2.45, 2.75) is 38.8 Å². The highest BCUT2D eigenvalue weighted by Crippen LogP contribution is 2.15. The molecule has 0 aliphatic carbocycles. The topological polar surface area (TPSA) is 113 Å². The SMILES string of the molecule is CC(C)C[C@H]1NC(=O)N(CC(=O)N[C@@H]2CCS(=O)(=O)C2)C1=O. The third-order valence-corrected chi connectivity index (χ3v) is 5.48.